The third kappa shape index (κ3) is 4.73. The van der Waals surface area contributed by atoms with Crippen molar-refractivity contribution in [2.45, 2.75) is 59.1 Å². The Morgan fingerprint density at radius 3 is 2.61 bits per heavy atom. The summed E-state index contributed by atoms with van der Waals surface area (Å²) in [6.07, 6.45) is 3.76. The van der Waals surface area contributed by atoms with E-state index in [1.165, 1.54) is 19.3 Å². The molecular weight excluding hydrogens is 354 g/mol. The minimum atomic E-state index is -0.112. The maximum atomic E-state index is 12.8. The van der Waals surface area contributed by atoms with Crippen LogP contribution in [0.1, 0.15) is 60.5 Å². The van der Waals surface area contributed by atoms with E-state index in [2.05, 4.69) is 29.2 Å². The number of ether oxygens (including phenoxy) is 1. The van der Waals surface area contributed by atoms with Gasteiger partial charge >= 0.3 is 0 Å². The summed E-state index contributed by atoms with van der Waals surface area (Å²) in [6, 6.07) is 7.35. The van der Waals surface area contributed by atoms with Gasteiger partial charge in [-0.3, -0.25) is 9.69 Å². The average molecular weight is 386 g/mol. The Morgan fingerprint density at radius 1 is 1.21 bits per heavy atom. The molecule has 3 rings (SSSR count). The minimum absolute atomic E-state index is 0.0669. The van der Waals surface area contributed by atoms with Crippen molar-refractivity contribution in [1.82, 2.24) is 15.4 Å². The molecule has 28 heavy (non-hydrogen) atoms. The molecule has 0 aliphatic carbocycles. The van der Waals surface area contributed by atoms with Crippen LogP contribution < -0.4 is 10.1 Å². The Bertz CT molecular complexity index is 788. The molecule has 6 nitrogen and oxygen atoms in total. The number of benzene rings is 1. The summed E-state index contributed by atoms with van der Waals surface area (Å²) in [4.78, 5) is 15.3. The lowest BCUT2D eigenvalue weighted by Crippen LogP contribution is -2.53. The Balaban J connectivity index is 1.63. The van der Waals surface area contributed by atoms with Crippen molar-refractivity contribution in [3.05, 3.63) is 46.8 Å². The molecule has 6 heteroatoms. The summed E-state index contributed by atoms with van der Waals surface area (Å²) < 4.78 is 11.1. The van der Waals surface area contributed by atoms with Gasteiger partial charge in [-0.25, -0.2) is 0 Å². The number of hydrogen-bond acceptors (Lipinski definition) is 5. The molecule has 1 amide bonds. The molecule has 0 atom stereocenters. The van der Waals surface area contributed by atoms with Crippen LogP contribution in [0.4, 0.5) is 0 Å². The van der Waals surface area contributed by atoms with E-state index in [9.17, 15) is 4.79 Å². The molecule has 0 spiro atoms. The fourth-order valence-corrected chi connectivity index (χ4v) is 3.64. The molecule has 2 aromatic rings. The van der Waals surface area contributed by atoms with Crippen LogP contribution in [-0.4, -0.2) is 41.1 Å². The van der Waals surface area contributed by atoms with Gasteiger partial charge in [0.05, 0.1) is 16.8 Å². The molecule has 0 saturated carbocycles. The van der Waals surface area contributed by atoms with Crippen LogP contribution in [0.3, 0.4) is 0 Å². The SMILES string of the molecule is Cc1noc(C)c1COc1ccccc1C(=O)NCC(C)(C)N1CCCCC1. The van der Waals surface area contributed by atoms with Crippen LogP contribution in [0.25, 0.3) is 0 Å². The molecule has 1 saturated heterocycles. The number of aryl methyl sites for hydroxylation is 2. The van der Waals surface area contributed by atoms with Gasteiger partial charge in [-0.15, -0.1) is 0 Å². The third-order valence-corrected chi connectivity index (χ3v) is 5.58. The molecule has 1 aromatic heterocycles. The number of likely N-dealkylation sites (tertiary alicyclic amines) is 1. The first kappa shape index (κ1) is 20.4. The van der Waals surface area contributed by atoms with Crippen LogP contribution in [0.15, 0.2) is 28.8 Å². The quantitative estimate of drug-likeness (QED) is 0.784. The van der Waals surface area contributed by atoms with Crippen LogP contribution in [0.5, 0.6) is 5.75 Å². The largest absolute Gasteiger partial charge is 0.488 e. The highest BCUT2D eigenvalue weighted by Gasteiger charge is 2.28. The van der Waals surface area contributed by atoms with Gasteiger partial charge in [-0.1, -0.05) is 23.7 Å². The number of aromatic nitrogens is 1. The summed E-state index contributed by atoms with van der Waals surface area (Å²) in [5.74, 6) is 1.19. The van der Waals surface area contributed by atoms with E-state index in [4.69, 9.17) is 9.26 Å². The second kappa shape index (κ2) is 8.78. The smallest absolute Gasteiger partial charge is 0.255 e. The summed E-state index contributed by atoms with van der Waals surface area (Å²) in [5, 5.41) is 7.05. The highest BCUT2D eigenvalue weighted by atomic mass is 16.5. The molecule has 1 N–H and O–H groups in total. The summed E-state index contributed by atoms with van der Waals surface area (Å²) in [5.41, 5.74) is 2.20. The second-order valence-corrected chi connectivity index (χ2v) is 8.13. The minimum Gasteiger partial charge on any atom is -0.488 e. The number of para-hydroxylation sites is 1. The Hall–Kier alpha value is -2.34. The van der Waals surface area contributed by atoms with E-state index in [0.717, 1.165) is 30.1 Å². The zero-order valence-corrected chi connectivity index (χ0v) is 17.4. The maximum absolute atomic E-state index is 12.8. The van der Waals surface area contributed by atoms with Crippen molar-refractivity contribution in [2.75, 3.05) is 19.6 Å². The molecular formula is C22H31N3O3. The fourth-order valence-electron chi connectivity index (χ4n) is 3.64. The number of carbonyl (C=O) groups excluding carboxylic acids is 1. The lowest BCUT2D eigenvalue weighted by atomic mass is 9.98. The highest BCUT2D eigenvalue weighted by molar-refractivity contribution is 5.96. The topological polar surface area (TPSA) is 67.6 Å². The standard InChI is InChI=1S/C22H31N3O3/c1-16-19(17(2)28-24-16)14-27-20-11-7-6-10-18(20)21(26)23-15-22(3,4)25-12-8-5-9-13-25/h6-7,10-11H,5,8-9,12-15H2,1-4H3,(H,23,26). The zero-order chi connectivity index (χ0) is 20.1. The molecule has 1 aliphatic heterocycles. The molecule has 0 bridgehead atoms. The van der Waals surface area contributed by atoms with Gasteiger partial charge in [0, 0.05) is 12.1 Å². The van der Waals surface area contributed by atoms with Gasteiger partial charge in [0.15, 0.2) is 0 Å². The Morgan fingerprint density at radius 2 is 1.93 bits per heavy atom. The lowest BCUT2D eigenvalue weighted by molar-refractivity contribution is 0.0795. The Labute approximate surface area is 167 Å². The lowest BCUT2D eigenvalue weighted by Gasteiger charge is -2.41. The van der Waals surface area contributed by atoms with Crippen molar-refractivity contribution in [3.8, 4) is 5.75 Å². The first-order valence-corrected chi connectivity index (χ1v) is 10.1. The van der Waals surface area contributed by atoms with Crippen LogP contribution in [0.2, 0.25) is 0 Å². The summed E-state index contributed by atoms with van der Waals surface area (Å²) >= 11 is 0. The number of piperidine rings is 1. The van der Waals surface area contributed by atoms with Crippen LogP contribution >= 0.6 is 0 Å². The maximum Gasteiger partial charge on any atom is 0.255 e. The van der Waals surface area contributed by atoms with Gasteiger partial charge in [0.1, 0.15) is 18.1 Å². The van der Waals surface area contributed by atoms with E-state index in [-0.39, 0.29) is 11.4 Å². The second-order valence-electron chi connectivity index (χ2n) is 8.13. The van der Waals surface area contributed by atoms with E-state index in [0.29, 0.717) is 24.5 Å². The number of nitrogens with one attached hydrogen (secondary N) is 1. The zero-order valence-electron chi connectivity index (χ0n) is 17.4. The molecule has 0 unspecified atom stereocenters. The van der Waals surface area contributed by atoms with Crippen LogP contribution in [-0.2, 0) is 6.61 Å². The van der Waals surface area contributed by atoms with E-state index in [1.807, 2.05) is 32.0 Å². The normalized spacial score (nSPS) is 15.4. The van der Waals surface area contributed by atoms with Crippen LogP contribution in [0, 0.1) is 13.8 Å². The average Bonchev–Trinajstić information content (AvgIpc) is 3.03. The van der Waals surface area contributed by atoms with E-state index in [1.54, 1.807) is 6.07 Å². The van der Waals surface area contributed by atoms with Gasteiger partial charge < -0.3 is 14.6 Å². The molecule has 2 heterocycles. The molecule has 1 aliphatic rings. The third-order valence-electron chi connectivity index (χ3n) is 5.58. The predicted molar refractivity (Wildman–Crippen MR) is 109 cm³/mol. The first-order valence-electron chi connectivity index (χ1n) is 10.1. The van der Waals surface area contributed by atoms with Crippen molar-refractivity contribution < 1.29 is 14.1 Å². The summed E-state index contributed by atoms with van der Waals surface area (Å²) in [6.45, 7) is 11.3. The van der Waals surface area contributed by atoms with E-state index < -0.39 is 0 Å². The highest BCUT2D eigenvalue weighted by Crippen LogP contribution is 2.23. The molecule has 1 aromatic carbocycles. The van der Waals surface area contributed by atoms with Gasteiger partial charge in [-0.2, -0.15) is 0 Å². The predicted octanol–water partition coefficient (Wildman–Crippen LogP) is 3.86. The van der Waals surface area contributed by atoms with Crippen molar-refractivity contribution in [1.29, 1.82) is 0 Å². The number of carbonyl (C=O) groups is 1. The van der Waals surface area contributed by atoms with Gasteiger partial charge in [0.25, 0.3) is 5.91 Å². The summed E-state index contributed by atoms with van der Waals surface area (Å²) in [7, 11) is 0. The molecule has 1 fully saturated rings. The number of amides is 1. The van der Waals surface area contributed by atoms with Crippen molar-refractivity contribution in [2.24, 2.45) is 0 Å². The molecule has 152 valence electrons. The van der Waals surface area contributed by atoms with Crippen molar-refractivity contribution >= 4 is 5.91 Å². The number of rotatable bonds is 7. The Kier molecular flexibility index (Phi) is 6.39. The first-order chi connectivity index (χ1) is 13.4. The van der Waals surface area contributed by atoms with E-state index >= 15 is 0 Å². The monoisotopic (exact) mass is 385 g/mol. The number of hydrogen-bond donors (Lipinski definition) is 1. The fraction of sp³-hybridized carbons (Fsp3) is 0.545. The van der Waals surface area contributed by atoms with Gasteiger partial charge in [0.2, 0.25) is 0 Å². The van der Waals surface area contributed by atoms with Crippen molar-refractivity contribution in [3.63, 3.8) is 0 Å². The van der Waals surface area contributed by atoms with Gasteiger partial charge in [-0.05, 0) is 65.8 Å². The molecule has 0 radical (unpaired) electrons. The number of nitrogens with zero attached hydrogens (tertiary/aromatic N) is 2.